The van der Waals surface area contributed by atoms with E-state index in [1.54, 1.807) is 6.07 Å². The third-order valence-electron chi connectivity index (χ3n) is 6.77. The van der Waals surface area contributed by atoms with Crippen LogP contribution in [-0.4, -0.2) is 78.9 Å². The largest absolute Gasteiger partial charge is 0.492 e. The number of carbonyl (C=O) groups excluding carboxylic acids is 2. The van der Waals surface area contributed by atoms with Crippen molar-refractivity contribution in [3.8, 4) is 16.9 Å². The third kappa shape index (κ3) is 8.00. The molecule has 1 aromatic heterocycles. The van der Waals surface area contributed by atoms with Crippen molar-refractivity contribution in [3.05, 3.63) is 102 Å². The molecule has 0 aliphatic carbocycles. The minimum Gasteiger partial charge on any atom is -0.492 e. The minimum absolute atomic E-state index is 0.0494. The predicted octanol–water partition coefficient (Wildman–Crippen LogP) is 3.22. The van der Waals surface area contributed by atoms with Gasteiger partial charge in [0.15, 0.2) is 0 Å². The second-order valence-electron chi connectivity index (χ2n) is 9.60. The SMILES string of the molecule is O=C(NCCc1nc(C(=O)NCC(COc2ccccc2)N2CCOCC2)no1)c1cccc(-c2ccccc2)c1. The highest BCUT2D eigenvalue weighted by molar-refractivity contribution is 5.95. The Morgan fingerprint density at radius 1 is 0.878 bits per heavy atom. The molecule has 1 aliphatic rings. The van der Waals surface area contributed by atoms with Gasteiger partial charge < -0.3 is 24.6 Å². The van der Waals surface area contributed by atoms with Crippen LogP contribution in [0.1, 0.15) is 26.9 Å². The van der Waals surface area contributed by atoms with Gasteiger partial charge in [0.25, 0.3) is 17.6 Å². The molecule has 2 heterocycles. The number of hydrogen-bond donors (Lipinski definition) is 2. The lowest BCUT2D eigenvalue weighted by molar-refractivity contribution is 0.00641. The molecule has 1 aliphatic heterocycles. The number of nitrogens with one attached hydrogen (secondary N) is 2. The van der Waals surface area contributed by atoms with E-state index in [0.29, 0.717) is 38.3 Å². The zero-order valence-electron chi connectivity index (χ0n) is 22.7. The highest BCUT2D eigenvalue weighted by Gasteiger charge is 2.24. The molecule has 3 aromatic carbocycles. The van der Waals surface area contributed by atoms with E-state index >= 15 is 0 Å². The van der Waals surface area contributed by atoms with Crippen LogP contribution in [0.15, 0.2) is 89.5 Å². The molecule has 1 saturated heterocycles. The summed E-state index contributed by atoms with van der Waals surface area (Å²) in [5, 5.41) is 9.60. The van der Waals surface area contributed by atoms with Crippen molar-refractivity contribution in [2.75, 3.05) is 46.0 Å². The zero-order chi connectivity index (χ0) is 28.3. The Labute approximate surface area is 238 Å². The molecule has 2 N–H and O–H groups in total. The van der Waals surface area contributed by atoms with Gasteiger partial charge in [-0.3, -0.25) is 14.5 Å². The van der Waals surface area contributed by atoms with Crippen LogP contribution in [0.2, 0.25) is 0 Å². The van der Waals surface area contributed by atoms with Crippen LogP contribution in [0.25, 0.3) is 11.1 Å². The predicted molar refractivity (Wildman–Crippen MR) is 153 cm³/mol. The number of morpholine rings is 1. The fourth-order valence-electron chi connectivity index (χ4n) is 4.54. The quantitative estimate of drug-likeness (QED) is 0.274. The van der Waals surface area contributed by atoms with Gasteiger partial charge in [-0.25, -0.2) is 0 Å². The van der Waals surface area contributed by atoms with Gasteiger partial charge in [0.05, 0.1) is 19.3 Å². The summed E-state index contributed by atoms with van der Waals surface area (Å²) in [5.41, 5.74) is 2.56. The van der Waals surface area contributed by atoms with Gasteiger partial charge in [-0.1, -0.05) is 65.8 Å². The molecule has 1 unspecified atom stereocenters. The molecule has 0 spiro atoms. The standard InChI is InChI=1S/C31H33N5O5/c37-30(25-11-7-10-24(20-25)23-8-3-1-4-9-23)32-15-14-28-34-29(35-41-28)31(38)33-21-26(36-16-18-39-19-17-36)22-40-27-12-5-2-6-13-27/h1-13,20,26H,14-19,21-22H2,(H,32,37)(H,33,38). The fourth-order valence-corrected chi connectivity index (χ4v) is 4.54. The minimum atomic E-state index is -0.431. The van der Waals surface area contributed by atoms with Crippen molar-refractivity contribution >= 4 is 11.8 Å². The molecule has 212 valence electrons. The van der Waals surface area contributed by atoms with Gasteiger partial charge in [0.1, 0.15) is 12.4 Å². The number of hydrogen-bond acceptors (Lipinski definition) is 8. The van der Waals surface area contributed by atoms with Crippen LogP contribution >= 0.6 is 0 Å². The molecular weight excluding hydrogens is 522 g/mol. The zero-order valence-corrected chi connectivity index (χ0v) is 22.7. The highest BCUT2D eigenvalue weighted by atomic mass is 16.5. The van der Waals surface area contributed by atoms with Crippen LogP contribution in [0.3, 0.4) is 0 Å². The average Bonchev–Trinajstić information content (AvgIpc) is 3.51. The van der Waals surface area contributed by atoms with Crippen LogP contribution in [-0.2, 0) is 11.2 Å². The molecule has 2 amide bonds. The summed E-state index contributed by atoms with van der Waals surface area (Å²) < 4.78 is 16.7. The molecule has 10 heteroatoms. The van der Waals surface area contributed by atoms with Gasteiger partial charge in [-0.15, -0.1) is 0 Å². The molecule has 1 atom stereocenters. The van der Waals surface area contributed by atoms with E-state index in [1.165, 1.54) is 0 Å². The van der Waals surface area contributed by atoms with E-state index in [-0.39, 0.29) is 30.2 Å². The van der Waals surface area contributed by atoms with Crippen molar-refractivity contribution in [2.45, 2.75) is 12.5 Å². The molecule has 1 fully saturated rings. The molecule has 10 nitrogen and oxygen atoms in total. The first kappa shape index (κ1) is 28.0. The average molecular weight is 556 g/mol. The van der Waals surface area contributed by atoms with Crippen LogP contribution in [0.5, 0.6) is 5.75 Å². The summed E-state index contributed by atoms with van der Waals surface area (Å²) in [6.07, 6.45) is 0.297. The summed E-state index contributed by atoms with van der Waals surface area (Å²) >= 11 is 0. The number of para-hydroxylation sites is 1. The Hall–Kier alpha value is -4.54. The normalized spacial score (nSPS) is 14.2. The Morgan fingerprint density at radius 2 is 1.61 bits per heavy atom. The number of rotatable bonds is 12. The molecule has 4 aromatic rings. The molecule has 0 saturated carbocycles. The van der Waals surface area contributed by atoms with E-state index < -0.39 is 5.91 Å². The first-order valence-corrected chi connectivity index (χ1v) is 13.7. The number of aromatic nitrogens is 2. The van der Waals surface area contributed by atoms with E-state index in [2.05, 4.69) is 25.7 Å². The Bertz CT molecular complexity index is 1410. The summed E-state index contributed by atoms with van der Waals surface area (Å²) in [7, 11) is 0. The molecule has 0 radical (unpaired) electrons. The maximum Gasteiger partial charge on any atom is 0.292 e. The van der Waals surface area contributed by atoms with Gasteiger partial charge in [-0.2, -0.15) is 4.98 Å². The van der Waals surface area contributed by atoms with E-state index in [4.69, 9.17) is 14.0 Å². The summed E-state index contributed by atoms with van der Waals surface area (Å²) in [6, 6.07) is 26.9. The van der Waals surface area contributed by atoms with Gasteiger partial charge in [0, 0.05) is 38.2 Å². The van der Waals surface area contributed by atoms with E-state index in [9.17, 15) is 9.59 Å². The number of nitrogens with zero attached hydrogens (tertiary/aromatic N) is 3. The maximum atomic E-state index is 12.8. The van der Waals surface area contributed by atoms with Crippen LogP contribution < -0.4 is 15.4 Å². The number of carbonyl (C=O) groups is 2. The summed E-state index contributed by atoms with van der Waals surface area (Å²) in [6.45, 7) is 3.84. The monoisotopic (exact) mass is 555 g/mol. The summed E-state index contributed by atoms with van der Waals surface area (Å²) in [4.78, 5) is 31.9. The summed E-state index contributed by atoms with van der Waals surface area (Å²) in [5.74, 6) is 0.361. The van der Waals surface area contributed by atoms with Crippen molar-refractivity contribution in [1.29, 1.82) is 0 Å². The number of amides is 2. The smallest absolute Gasteiger partial charge is 0.292 e. The second kappa shape index (κ2) is 14.2. The Kier molecular flexibility index (Phi) is 9.70. The molecule has 5 rings (SSSR count). The molecule has 41 heavy (non-hydrogen) atoms. The Morgan fingerprint density at radius 3 is 2.39 bits per heavy atom. The van der Waals surface area contributed by atoms with E-state index in [1.807, 2.05) is 78.9 Å². The first-order chi connectivity index (χ1) is 20.2. The van der Waals surface area contributed by atoms with Crippen molar-refractivity contribution < 1.29 is 23.6 Å². The third-order valence-corrected chi connectivity index (χ3v) is 6.77. The second-order valence-corrected chi connectivity index (χ2v) is 9.60. The number of benzene rings is 3. The van der Waals surface area contributed by atoms with Crippen molar-refractivity contribution in [3.63, 3.8) is 0 Å². The van der Waals surface area contributed by atoms with Gasteiger partial charge >= 0.3 is 0 Å². The van der Waals surface area contributed by atoms with Crippen LogP contribution in [0, 0.1) is 0 Å². The lowest BCUT2D eigenvalue weighted by atomic mass is 10.0. The lowest BCUT2D eigenvalue weighted by Crippen LogP contribution is -2.51. The molecule has 0 bridgehead atoms. The van der Waals surface area contributed by atoms with Gasteiger partial charge in [0.2, 0.25) is 5.89 Å². The first-order valence-electron chi connectivity index (χ1n) is 13.7. The van der Waals surface area contributed by atoms with E-state index in [0.717, 1.165) is 30.0 Å². The van der Waals surface area contributed by atoms with Crippen molar-refractivity contribution in [2.24, 2.45) is 0 Å². The molecular formula is C31H33N5O5. The van der Waals surface area contributed by atoms with Gasteiger partial charge in [-0.05, 0) is 35.4 Å². The highest BCUT2D eigenvalue weighted by Crippen LogP contribution is 2.20. The maximum absolute atomic E-state index is 12.8. The fraction of sp³-hybridized carbons (Fsp3) is 0.290. The van der Waals surface area contributed by atoms with Crippen LogP contribution in [0.4, 0.5) is 0 Å². The topological polar surface area (TPSA) is 119 Å². The number of ether oxygens (including phenoxy) is 2. The lowest BCUT2D eigenvalue weighted by Gasteiger charge is -2.34. The van der Waals surface area contributed by atoms with Crippen molar-refractivity contribution in [1.82, 2.24) is 25.7 Å². The Balaban J connectivity index is 1.10.